The zero-order valence-corrected chi connectivity index (χ0v) is 17.7. The Labute approximate surface area is 177 Å². The summed E-state index contributed by atoms with van der Waals surface area (Å²) in [6.45, 7) is 7.38. The van der Waals surface area contributed by atoms with Crippen LogP contribution in [-0.4, -0.2) is 51.0 Å². The van der Waals surface area contributed by atoms with Crippen molar-refractivity contribution in [2.24, 2.45) is 0 Å². The molecule has 1 aromatic heterocycles. The Kier molecular flexibility index (Phi) is 6.33. The van der Waals surface area contributed by atoms with Crippen LogP contribution in [0.2, 0.25) is 0 Å². The second kappa shape index (κ2) is 9.30. The van der Waals surface area contributed by atoms with Gasteiger partial charge in [-0.05, 0) is 31.0 Å². The van der Waals surface area contributed by atoms with Crippen LogP contribution in [0, 0.1) is 0 Å². The Bertz CT molecular complexity index is 1050. The molecule has 1 saturated heterocycles. The number of carbonyl (C=O) groups excluding carboxylic acids is 1. The van der Waals surface area contributed by atoms with Gasteiger partial charge < -0.3 is 4.90 Å². The molecule has 1 aliphatic rings. The van der Waals surface area contributed by atoms with E-state index in [-0.39, 0.29) is 11.6 Å². The topological polar surface area (TPSA) is 50.5 Å². The maximum absolute atomic E-state index is 12.9. The zero-order chi connectivity index (χ0) is 20.9. The van der Waals surface area contributed by atoms with Crippen molar-refractivity contribution in [3.8, 4) is 0 Å². The monoisotopic (exact) mass is 406 g/mol. The fourth-order valence-corrected chi connectivity index (χ4v) is 4.38. The minimum absolute atomic E-state index is 0.0311. The molecule has 6 nitrogen and oxygen atoms in total. The lowest BCUT2D eigenvalue weighted by Crippen LogP contribution is -2.36. The first kappa shape index (κ1) is 20.4. The summed E-state index contributed by atoms with van der Waals surface area (Å²) in [5, 5.41) is 0. The summed E-state index contributed by atoms with van der Waals surface area (Å²) in [7, 11) is 0. The van der Waals surface area contributed by atoms with Crippen molar-refractivity contribution in [1.82, 2.24) is 18.9 Å². The maximum Gasteiger partial charge on any atom is 0.329 e. The van der Waals surface area contributed by atoms with E-state index < -0.39 is 0 Å². The number of aromatic nitrogens is 2. The molecule has 0 aliphatic carbocycles. The SMILES string of the molecule is CCn1c(=O)n(CCC(=O)N2CCCN(Cc3ccccc3)CC2)c2ccccc21. The molecule has 1 aliphatic heterocycles. The Morgan fingerprint density at radius 1 is 0.867 bits per heavy atom. The van der Waals surface area contributed by atoms with Gasteiger partial charge in [0.05, 0.1) is 11.0 Å². The molecule has 1 amide bonds. The van der Waals surface area contributed by atoms with Gasteiger partial charge in [0.1, 0.15) is 0 Å². The second-order valence-electron chi connectivity index (χ2n) is 7.91. The first-order chi connectivity index (χ1) is 14.7. The van der Waals surface area contributed by atoms with E-state index in [1.165, 1.54) is 5.56 Å². The Balaban J connectivity index is 1.37. The van der Waals surface area contributed by atoms with Crippen molar-refractivity contribution in [3.63, 3.8) is 0 Å². The van der Waals surface area contributed by atoms with Crippen LogP contribution in [0.4, 0.5) is 0 Å². The highest BCUT2D eigenvalue weighted by Gasteiger charge is 2.20. The standard InChI is InChI=1S/C24H30N4O2/c1-2-27-21-11-6-7-12-22(21)28(24(27)30)16-13-23(29)26-15-8-14-25(17-18-26)19-20-9-4-3-5-10-20/h3-7,9-12H,2,8,13-19H2,1H3. The smallest absolute Gasteiger partial charge is 0.329 e. The van der Waals surface area contributed by atoms with Crippen LogP contribution in [0.25, 0.3) is 11.0 Å². The summed E-state index contributed by atoms with van der Waals surface area (Å²) in [5.41, 5.74) is 3.12. The maximum atomic E-state index is 12.9. The summed E-state index contributed by atoms with van der Waals surface area (Å²) in [5.74, 6) is 0.136. The predicted molar refractivity (Wildman–Crippen MR) is 119 cm³/mol. The average molecular weight is 407 g/mol. The molecule has 0 saturated carbocycles. The van der Waals surface area contributed by atoms with Gasteiger partial charge in [-0.1, -0.05) is 42.5 Å². The van der Waals surface area contributed by atoms with Gasteiger partial charge in [0.25, 0.3) is 0 Å². The van der Waals surface area contributed by atoms with E-state index in [0.717, 1.165) is 50.2 Å². The second-order valence-corrected chi connectivity index (χ2v) is 7.91. The van der Waals surface area contributed by atoms with E-state index in [9.17, 15) is 9.59 Å². The molecule has 3 aromatic rings. The van der Waals surface area contributed by atoms with Crippen LogP contribution in [0.3, 0.4) is 0 Å². The van der Waals surface area contributed by atoms with Crippen LogP contribution in [0.1, 0.15) is 25.3 Å². The molecular weight excluding hydrogens is 376 g/mol. The van der Waals surface area contributed by atoms with Crippen LogP contribution in [0.15, 0.2) is 59.4 Å². The number of nitrogens with zero attached hydrogens (tertiary/aromatic N) is 4. The summed E-state index contributed by atoms with van der Waals surface area (Å²) >= 11 is 0. The van der Waals surface area contributed by atoms with Gasteiger partial charge in [-0.25, -0.2) is 4.79 Å². The summed E-state index contributed by atoms with van der Waals surface area (Å²) in [6, 6.07) is 18.3. The van der Waals surface area contributed by atoms with Crippen LogP contribution in [-0.2, 0) is 24.4 Å². The first-order valence-corrected chi connectivity index (χ1v) is 10.9. The molecule has 6 heteroatoms. The normalized spacial score (nSPS) is 15.4. The molecule has 0 unspecified atom stereocenters. The molecule has 0 radical (unpaired) electrons. The minimum Gasteiger partial charge on any atom is -0.341 e. The lowest BCUT2D eigenvalue weighted by atomic mass is 10.2. The van der Waals surface area contributed by atoms with Gasteiger partial charge in [-0.3, -0.25) is 18.8 Å². The Morgan fingerprint density at radius 3 is 2.30 bits per heavy atom. The van der Waals surface area contributed by atoms with E-state index in [4.69, 9.17) is 0 Å². The number of para-hydroxylation sites is 2. The molecule has 4 rings (SSSR count). The van der Waals surface area contributed by atoms with Gasteiger partial charge >= 0.3 is 5.69 Å². The fourth-order valence-electron chi connectivity index (χ4n) is 4.38. The fraction of sp³-hybridized carbons (Fsp3) is 0.417. The highest BCUT2D eigenvalue weighted by Crippen LogP contribution is 2.14. The quantitative estimate of drug-likeness (QED) is 0.632. The average Bonchev–Trinajstić information content (AvgIpc) is 2.90. The molecule has 0 spiro atoms. The molecular formula is C24H30N4O2. The number of carbonyl (C=O) groups is 1. The third-order valence-electron chi connectivity index (χ3n) is 5.98. The Morgan fingerprint density at radius 2 is 1.57 bits per heavy atom. The zero-order valence-electron chi connectivity index (χ0n) is 17.7. The van der Waals surface area contributed by atoms with Crippen molar-refractivity contribution in [2.45, 2.75) is 39.4 Å². The number of amides is 1. The summed E-state index contributed by atoms with van der Waals surface area (Å²) in [6.07, 6.45) is 1.34. The van der Waals surface area contributed by atoms with Gasteiger partial charge in [0.2, 0.25) is 5.91 Å². The van der Waals surface area contributed by atoms with Crippen molar-refractivity contribution < 1.29 is 4.79 Å². The number of imidazole rings is 1. The van der Waals surface area contributed by atoms with E-state index >= 15 is 0 Å². The van der Waals surface area contributed by atoms with Crippen LogP contribution >= 0.6 is 0 Å². The predicted octanol–water partition coefficient (Wildman–Crippen LogP) is 2.95. The Hall–Kier alpha value is -2.86. The largest absolute Gasteiger partial charge is 0.341 e. The van der Waals surface area contributed by atoms with Gasteiger partial charge in [-0.15, -0.1) is 0 Å². The number of benzene rings is 2. The van der Waals surface area contributed by atoms with Crippen molar-refractivity contribution in [3.05, 3.63) is 70.6 Å². The van der Waals surface area contributed by atoms with E-state index in [1.807, 2.05) is 42.2 Å². The third-order valence-corrected chi connectivity index (χ3v) is 5.98. The molecule has 0 atom stereocenters. The van der Waals surface area contributed by atoms with E-state index in [2.05, 4.69) is 29.2 Å². The van der Waals surface area contributed by atoms with Gasteiger partial charge in [-0.2, -0.15) is 0 Å². The molecule has 0 bridgehead atoms. The highest BCUT2D eigenvalue weighted by molar-refractivity contribution is 5.78. The van der Waals surface area contributed by atoms with Gasteiger partial charge in [0, 0.05) is 52.2 Å². The molecule has 2 heterocycles. The molecule has 0 N–H and O–H groups in total. The van der Waals surface area contributed by atoms with E-state index in [0.29, 0.717) is 19.5 Å². The third kappa shape index (κ3) is 4.33. The molecule has 30 heavy (non-hydrogen) atoms. The highest BCUT2D eigenvalue weighted by atomic mass is 16.2. The van der Waals surface area contributed by atoms with Crippen molar-refractivity contribution in [1.29, 1.82) is 0 Å². The van der Waals surface area contributed by atoms with Crippen molar-refractivity contribution >= 4 is 16.9 Å². The lowest BCUT2D eigenvalue weighted by molar-refractivity contribution is -0.131. The number of aryl methyl sites for hydroxylation is 2. The van der Waals surface area contributed by atoms with E-state index in [1.54, 1.807) is 9.13 Å². The molecule has 1 fully saturated rings. The number of fused-ring (bicyclic) bond motifs is 1. The van der Waals surface area contributed by atoms with Crippen molar-refractivity contribution in [2.75, 3.05) is 26.2 Å². The summed E-state index contributed by atoms with van der Waals surface area (Å²) < 4.78 is 3.52. The van der Waals surface area contributed by atoms with Crippen LogP contribution < -0.4 is 5.69 Å². The first-order valence-electron chi connectivity index (χ1n) is 10.9. The summed E-state index contributed by atoms with van der Waals surface area (Å²) in [4.78, 5) is 30.1. The number of hydrogen-bond acceptors (Lipinski definition) is 3. The van der Waals surface area contributed by atoms with Crippen LogP contribution in [0.5, 0.6) is 0 Å². The van der Waals surface area contributed by atoms with Gasteiger partial charge in [0.15, 0.2) is 0 Å². The molecule has 158 valence electrons. The lowest BCUT2D eigenvalue weighted by Gasteiger charge is -2.22. The number of rotatable bonds is 6. The number of hydrogen-bond donors (Lipinski definition) is 0. The molecule has 2 aromatic carbocycles. The minimum atomic E-state index is -0.0311.